The third-order valence-corrected chi connectivity index (χ3v) is 4.97. The van der Waals surface area contributed by atoms with Gasteiger partial charge in [-0.05, 0) is 38.8 Å². The first kappa shape index (κ1) is 15.9. The normalized spacial score (nSPS) is 23.7. The molecule has 0 aromatic carbocycles. The quantitative estimate of drug-likeness (QED) is 0.826. The Labute approximate surface area is 132 Å². The lowest BCUT2D eigenvalue weighted by atomic mass is 9.95. The fourth-order valence-electron chi connectivity index (χ4n) is 3.41. The standard InChI is InChI=1S/C16H28N4O2/c1-3-15-17-16(22-18-15)13(2)20-6-4-14(5-7-20)12-19-8-10-21-11-9-19/h13-14H,3-12H2,1-2H3. The van der Waals surface area contributed by atoms with Crippen LogP contribution in [-0.2, 0) is 11.2 Å². The second kappa shape index (κ2) is 7.53. The minimum Gasteiger partial charge on any atom is -0.379 e. The van der Waals surface area contributed by atoms with Crippen LogP contribution in [0.4, 0.5) is 0 Å². The third kappa shape index (κ3) is 3.86. The zero-order valence-corrected chi connectivity index (χ0v) is 13.8. The molecule has 6 nitrogen and oxygen atoms in total. The summed E-state index contributed by atoms with van der Waals surface area (Å²) in [6, 6.07) is 0.233. The summed E-state index contributed by atoms with van der Waals surface area (Å²) in [6.07, 6.45) is 3.35. The first-order chi connectivity index (χ1) is 10.8. The van der Waals surface area contributed by atoms with Crippen LogP contribution < -0.4 is 0 Å². The molecule has 1 aromatic rings. The summed E-state index contributed by atoms with van der Waals surface area (Å²) < 4.78 is 10.8. The van der Waals surface area contributed by atoms with E-state index in [2.05, 4.69) is 33.8 Å². The van der Waals surface area contributed by atoms with Crippen molar-refractivity contribution < 1.29 is 9.26 Å². The number of morpholine rings is 1. The van der Waals surface area contributed by atoms with Crippen molar-refractivity contribution in [3.8, 4) is 0 Å². The molecule has 2 saturated heterocycles. The van der Waals surface area contributed by atoms with Crippen LogP contribution in [0.25, 0.3) is 0 Å². The van der Waals surface area contributed by atoms with Gasteiger partial charge < -0.3 is 9.26 Å². The van der Waals surface area contributed by atoms with E-state index in [9.17, 15) is 0 Å². The maximum absolute atomic E-state index is 5.42. The Balaban J connectivity index is 1.46. The van der Waals surface area contributed by atoms with Crippen molar-refractivity contribution in [2.45, 2.75) is 39.2 Å². The maximum atomic E-state index is 5.42. The van der Waals surface area contributed by atoms with Crippen LogP contribution in [0.3, 0.4) is 0 Å². The monoisotopic (exact) mass is 308 g/mol. The zero-order chi connectivity index (χ0) is 15.4. The Morgan fingerprint density at radius 3 is 2.55 bits per heavy atom. The van der Waals surface area contributed by atoms with E-state index in [1.807, 2.05) is 0 Å². The van der Waals surface area contributed by atoms with E-state index in [1.165, 1.54) is 19.4 Å². The molecule has 3 heterocycles. The molecular formula is C16H28N4O2. The highest BCUT2D eigenvalue weighted by atomic mass is 16.5. The van der Waals surface area contributed by atoms with Crippen LogP contribution in [0.5, 0.6) is 0 Å². The summed E-state index contributed by atoms with van der Waals surface area (Å²) in [6.45, 7) is 11.7. The predicted octanol–water partition coefficient (Wildman–Crippen LogP) is 1.74. The number of hydrogen-bond acceptors (Lipinski definition) is 6. The molecule has 2 aliphatic rings. The lowest BCUT2D eigenvalue weighted by molar-refractivity contribution is 0.0217. The van der Waals surface area contributed by atoms with Gasteiger partial charge in [-0.3, -0.25) is 9.80 Å². The number of ether oxygens (including phenoxy) is 1. The van der Waals surface area contributed by atoms with Crippen LogP contribution in [0, 0.1) is 5.92 Å². The Morgan fingerprint density at radius 1 is 1.18 bits per heavy atom. The van der Waals surface area contributed by atoms with Crippen molar-refractivity contribution in [2.75, 3.05) is 45.9 Å². The number of rotatable bonds is 5. The fraction of sp³-hybridized carbons (Fsp3) is 0.875. The van der Waals surface area contributed by atoms with E-state index >= 15 is 0 Å². The molecular weight excluding hydrogens is 280 g/mol. The highest BCUT2D eigenvalue weighted by molar-refractivity contribution is 4.93. The topological polar surface area (TPSA) is 54.6 Å². The van der Waals surface area contributed by atoms with E-state index < -0.39 is 0 Å². The van der Waals surface area contributed by atoms with Crippen molar-refractivity contribution in [3.05, 3.63) is 11.7 Å². The minimum atomic E-state index is 0.233. The second-order valence-corrected chi connectivity index (χ2v) is 6.47. The van der Waals surface area contributed by atoms with Crippen molar-refractivity contribution in [1.29, 1.82) is 0 Å². The van der Waals surface area contributed by atoms with Gasteiger partial charge in [0.05, 0.1) is 19.3 Å². The average molecular weight is 308 g/mol. The molecule has 124 valence electrons. The molecule has 1 aromatic heterocycles. The Bertz CT molecular complexity index is 451. The molecule has 0 bridgehead atoms. The third-order valence-electron chi connectivity index (χ3n) is 4.97. The lowest BCUT2D eigenvalue weighted by Gasteiger charge is -2.37. The van der Waals surface area contributed by atoms with E-state index in [1.54, 1.807) is 0 Å². The first-order valence-corrected chi connectivity index (χ1v) is 8.63. The molecule has 0 saturated carbocycles. The summed E-state index contributed by atoms with van der Waals surface area (Å²) in [4.78, 5) is 9.50. The van der Waals surface area contributed by atoms with Crippen LogP contribution in [0.1, 0.15) is 44.4 Å². The molecule has 3 rings (SSSR count). The van der Waals surface area contributed by atoms with Crippen molar-refractivity contribution in [2.24, 2.45) is 5.92 Å². The van der Waals surface area contributed by atoms with Crippen LogP contribution in [0.2, 0.25) is 0 Å². The molecule has 22 heavy (non-hydrogen) atoms. The molecule has 0 spiro atoms. The van der Waals surface area contributed by atoms with Crippen LogP contribution in [-0.4, -0.2) is 65.9 Å². The van der Waals surface area contributed by atoms with Crippen LogP contribution in [0.15, 0.2) is 4.52 Å². The molecule has 6 heteroatoms. The van der Waals surface area contributed by atoms with E-state index in [4.69, 9.17) is 9.26 Å². The Kier molecular flexibility index (Phi) is 5.44. The van der Waals surface area contributed by atoms with Crippen molar-refractivity contribution in [1.82, 2.24) is 19.9 Å². The van der Waals surface area contributed by atoms with Gasteiger partial charge in [-0.2, -0.15) is 4.98 Å². The number of aromatic nitrogens is 2. The van der Waals surface area contributed by atoms with Crippen molar-refractivity contribution >= 4 is 0 Å². The number of aryl methyl sites for hydroxylation is 1. The first-order valence-electron chi connectivity index (χ1n) is 8.63. The van der Waals surface area contributed by atoms with Gasteiger partial charge in [0.25, 0.3) is 0 Å². The van der Waals surface area contributed by atoms with E-state index in [0.717, 1.165) is 63.4 Å². The molecule has 1 atom stereocenters. The summed E-state index contributed by atoms with van der Waals surface area (Å²) in [5, 5.41) is 4.01. The summed E-state index contributed by atoms with van der Waals surface area (Å²) in [5.41, 5.74) is 0. The van der Waals surface area contributed by atoms with Gasteiger partial charge in [0.15, 0.2) is 5.82 Å². The van der Waals surface area contributed by atoms with Crippen molar-refractivity contribution in [3.63, 3.8) is 0 Å². The smallest absolute Gasteiger partial charge is 0.243 e. The number of nitrogens with zero attached hydrogens (tertiary/aromatic N) is 4. The molecule has 0 amide bonds. The molecule has 2 fully saturated rings. The average Bonchev–Trinajstić information content (AvgIpc) is 3.05. The molecule has 0 radical (unpaired) electrons. The van der Waals surface area contributed by atoms with Gasteiger partial charge in [0, 0.05) is 26.1 Å². The number of piperidine rings is 1. The largest absolute Gasteiger partial charge is 0.379 e. The lowest BCUT2D eigenvalue weighted by Crippen LogP contribution is -2.43. The van der Waals surface area contributed by atoms with Gasteiger partial charge in [-0.15, -0.1) is 0 Å². The molecule has 2 aliphatic heterocycles. The second-order valence-electron chi connectivity index (χ2n) is 6.47. The highest BCUT2D eigenvalue weighted by Crippen LogP contribution is 2.26. The van der Waals surface area contributed by atoms with E-state index in [-0.39, 0.29) is 6.04 Å². The van der Waals surface area contributed by atoms with Gasteiger partial charge in [-0.25, -0.2) is 0 Å². The molecule has 0 N–H and O–H groups in total. The van der Waals surface area contributed by atoms with Gasteiger partial charge in [-0.1, -0.05) is 12.1 Å². The molecule has 1 unspecified atom stereocenters. The number of likely N-dealkylation sites (tertiary alicyclic amines) is 1. The highest BCUT2D eigenvalue weighted by Gasteiger charge is 2.27. The van der Waals surface area contributed by atoms with Gasteiger partial charge in [0.2, 0.25) is 5.89 Å². The Morgan fingerprint density at radius 2 is 1.91 bits per heavy atom. The zero-order valence-electron chi connectivity index (χ0n) is 13.8. The SMILES string of the molecule is CCc1noc(C(C)N2CCC(CN3CCOCC3)CC2)n1. The summed E-state index contributed by atoms with van der Waals surface area (Å²) >= 11 is 0. The minimum absolute atomic E-state index is 0.233. The summed E-state index contributed by atoms with van der Waals surface area (Å²) in [5.74, 6) is 2.39. The summed E-state index contributed by atoms with van der Waals surface area (Å²) in [7, 11) is 0. The Hall–Kier alpha value is -0.980. The van der Waals surface area contributed by atoms with Gasteiger partial charge in [0.1, 0.15) is 0 Å². The van der Waals surface area contributed by atoms with Gasteiger partial charge >= 0.3 is 0 Å². The maximum Gasteiger partial charge on any atom is 0.243 e. The van der Waals surface area contributed by atoms with Crippen LogP contribution >= 0.6 is 0 Å². The fourth-order valence-corrected chi connectivity index (χ4v) is 3.41. The molecule has 0 aliphatic carbocycles. The van der Waals surface area contributed by atoms with E-state index in [0.29, 0.717) is 0 Å². The number of hydrogen-bond donors (Lipinski definition) is 0. The predicted molar refractivity (Wildman–Crippen MR) is 83.6 cm³/mol.